The van der Waals surface area contributed by atoms with Crippen molar-refractivity contribution in [3.8, 4) is 0 Å². The van der Waals surface area contributed by atoms with Crippen LogP contribution in [0.15, 0.2) is 11.4 Å². The number of nitrogen functional groups attached to an aromatic ring is 1. The maximum atomic E-state index is 11.6. The maximum Gasteiger partial charge on any atom is 0.263 e. The van der Waals surface area contributed by atoms with E-state index in [2.05, 4.69) is 5.32 Å². The Balaban J connectivity index is 2.58. The first-order valence-corrected chi connectivity index (χ1v) is 5.30. The average molecular weight is 230 g/mol. The molecule has 1 amide bonds. The van der Waals surface area contributed by atoms with Crippen LogP contribution in [-0.2, 0) is 4.74 Å². The predicted molar refractivity (Wildman–Crippen MR) is 58.9 cm³/mol. The minimum absolute atomic E-state index is 0.162. The summed E-state index contributed by atoms with van der Waals surface area (Å²) >= 11 is 1.27. The first-order chi connectivity index (χ1) is 7.19. The van der Waals surface area contributed by atoms with Crippen LogP contribution < -0.4 is 11.1 Å². The van der Waals surface area contributed by atoms with Gasteiger partial charge in [-0.25, -0.2) is 0 Å². The van der Waals surface area contributed by atoms with Crippen LogP contribution in [0.25, 0.3) is 0 Å². The second-order valence-electron chi connectivity index (χ2n) is 3.01. The summed E-state index contributed by atoms with van der Waals surface area (Å²) in [6.07, 6.45) is 0. The van der Waals surface area contributed by atoms with Crippen molar-refractivity contribution in [1.29, 1.82) is 0 Å². The first kappa shape index (κ1) is 12.0. The number of amides is 1. The SMILES string of the molecule is COCC(CO)NC(=O)c1sccc1N. The molecule has 0 bridgehead atoms. The highest BCUT2D eigenvalue weighted by molar-refractivity contribution is 7.12. The van der Waals surface area contributed by atoms with Crippen molar-refractivity contribution in [2.24, 2.45) is 0 Å². The summed E-state index contributed by atoms with van der Waals surface area (Å²) in [6.45, 7) is 0.110. The minimum Gasteiger partial charge on any atom is -0.397 e. The van der Waals surface area contributed by atoms with E-state index in [1.54, 1.807) is 11.4 Å². The van der Waals surface area contributed by atoms with Crippen molar-refractivity contribution in [3.63, 3.8) is 0 Å². The molecule has 0 aliphatic heterocycles. The van der Waals surface area contributed by atoms with E-state index < -0.39 is 6.04 Å². The number of carbonyl (C=O) groups excluding carboxylic acids is 1. The first-order valence-electron chi connectivity index (χ1n) is 4.42. The Hall–Kier alpha value is -1.11. The normalized spacial score (nSPS) is 12.4. The summed E-state index contributed by atoms with van der Waals surface area (Å²) in [5.74, 6) is -0.279. The Morgan fingerprint density at radius 1 is 1.80 bits per heavy atom. The van der Waals surface area contributed by atoms with Gasteiger partial charge in [-0.3, -0.25) is 4.79 Å². The zero-order valence-electron chi connectivity index (χ0n) is 8.40. The molecular formula is C9H14N2O3S. The van der Waals surface area contributed by atoms with Gasteiger partial charge in [-0.05, 0) is 11.4 Å². The molecule has 0 saturated heterocycles. The van der Waals surface area contributed by atoms with Crippen molar-refractivity contribution in [3.05, 3.63) is 16.3 Å². The second kappa shape index (κ2) is 5.69. The van der Waals surface area contributed by atoms with Gasteiger partial charge < -0.3 is 20.9 Å². The molecule has 0 saturated carbocycles. The van der Waals surface area contributed by atoms with Gasteiger partial charge in [-0.15, -0.1) is 11.3 Å². The number of aliphatic hydroxyl groups is 1. The molecule has 0 aromatic carbocycles. The van der Waals surface area contributed by atoms with Gasteiger partial charge in [0.1, 0.15) is 4.88 Å². The maximum absolute atomic E-state index is 11.6. The summed E-state index contributed by atoms with van der Waals surface area (Å²) in [5, 5.41) is 13.3. The van der Waals surface area contributed by atoms with E-state index in [1.807, 2.05) is 0 Å². The van der Waals surface area contributed by atoms with E-state index in [9.17, 15) is 4.79 Å². The Labute approximate surface area is 91.9 Å². The van der Waals surface area contributed by atoms with Gasteiger partial charge in [0.15, 0.2) is 0 Å². The molecule has 1 atom stereocenters. The predicted octanol–water partition coefficient (Wildman–Crippen LogP) is 0.0674. The Morgan fingerprint density at radius 2 is 2.53 bits per heavy atom. The highest BCUT2D eigenvalue weighted by atomic mass is 32.1. The number of nitrogens with one attached hydrogen (secondary N) is 1. The molecule has 0 radical (unpaired) electrons. The highest BCUT2D eigenvalue weighted by Gasteiger charge is 2.15. The molecule has 84 valence electrons. The number of hydrogen-bond acceptors (Lipinski definition) is 5. The molecule has 0 aliphatic rings. The molecule has 1 heterocycles. The molecule has 6 heteroatoms. The number of aliphatic hydroxyl groups excluding tert-OH is 1. The van der Waals surface area contributed by atoms with E-state index in [1.165, 1.54) is 18.4 Å². The Kier molecular flexibility index (Phi) is 4.54. The van der Waals surface area contributed by atoms with Crippen LogP contribution in [0.3, 0.4) is 0 Å². The van der Waals surface area contributed by atoms with E-state index >= 15 is 0 Å². The van der Waals surface area contributed by atoms with Crippen LogP contribution in [0.2, 0.25) is 0 Å². The zero-order chi connectivity index (χ0) is 11.3. The average Bonchev–Trinajstić information content (AvgIpc) is 2.63. The van der Waals surface area contributed by atoms with Gasteiger partial charge in [-0.2, -0.15) is 0 Å². The molecule has 5 nitrogen and oxygen atoms in total. The van der Waals surface area contributed by atoms with E-state index in [0.717, 1.165) is 0 Å². The topological polar surface area (TPSA) is 84.6 Å². The third-order valence-electron chi connectivity index (χ3n) is 1.83. The third kappa shape index (κ3) is 3.19. The molecule has 15 heavy (non-hydrogen) atoms. The number of hydrogen-bond donors (Lipinski definition) is 3. The van der Waals surface area contributed by atoms with Gasteiger partial charge in [0.2, 0.25) is 0 Å². The van der Waals surface area contributed by atoms with Gasteiger partial charge in [-0.1, -0.05) is 0 Å². The number of anilines is 1. The van der Waals surface area contributed by atoms with Crippen molar-refractivity contribution >= 4 is 22.9 Å². The van der Waals surface area contributed by atoms with E-state index in [0.29, 0.717) is 10.6 Å². The molecule has 4 N–H and O–H groups in total. The van der Waals surface area contributed by atoms with Gasteiger partial charge in [0.25, 0.3) is 5.91 Å². The number of nitrogens with two attached hydrogens (primary N) is 1. The lowest BCUT2D eigenvalue weighted by Gasteiger charge is -2.14. The number of ether oxygens (including phenoxy) is 1. The quantitative estimate of drug-likeness (QED) is 0.668. The van der Waals surface area contributed by atoms with Gasteiger partial charge >= 0.3 is 0 Å². The van der Waals surface area contributed by atoms with Crippen LogP contribution in [0.1, 0.15) is 9.67 Å². The lowest BCUT2D eigenvalue weighted by Crippen LogP contribution is -2.40. The number of thiophene rings is 1. The largest absolute Gasteiger partial charge is 0.397 e. The minimum atomic E-state index is -0.399. The molecular weight excluding hydrogens is 216 g/mol. The van der Waals surface area contributed by atoms with Crippen LogP contribution in [0.4, 0.5) is 5.69 Å². The lowest BCUT2D eigenvalue weighted by atomic mass is 10.3. The van der Waals surface area contributed by atoms with Crippen molar-refractivity contribution in [1.82, 2.24) is 5.32 Å². The fourth-order valence-corrected chi connectivity index (χ4v) is 1.82. The Bertz CT molecular complexity index is 327. The number of rotatable bonds is 5. The van der Waals surface area contributed by atoms with E-state index in [4.69, 9.17) is 15.6 Å². The van der Waals surface area contributed by atoms with Gasteiger partial charge in [0, 0.05) is 7.11 Å². The third-order valence-corrected chi connectivity index (χ3v) is 2.75. The molecule has 0 aliphatic carbocycles. The van der Waals surface area contributed by atoms with Crippen LogP contribution in [0.5, 0.6) is 0 Å². The molecule has 1 unspecified atom stereocenters. The van der Waals surface area contributed by atoms with Crippen molar-refractivity contribution in [2.45, 2.75) is 6.04 Å². The molecule has 0 spiro atoms. The summed E-state index contributed by atoms with van der Waals surface area (Å²) < 4.78 is 4.84. The standard InChI is InChI=1S/C9H14N2O3S/c1-14-5-6(4-12)11-9(13)8-7(10)2-3-15-8/h2-3,6,12H,4-5,10H2,1H3,(H,11,13). The van der Waals surface area contributed by atoms with Crippen molar-refractivity contribution < 1.29 is 14.6 Å². The molecule has 0 fully saturated rings. The fraction of sp³-hybridized carbons (Fsp3) is 0.444. The highest BCUT2D eigenvalue weighted by Crippen LogP contribution is 2.18. The summed E-state index contributed by atoms with van der Waals surface area (Å²) in [6, 6.07) is 1.27. The smallest absolute Gasteiger partial charge is 0.263 e. The molecule has 1 aromatic heterocycles. The Morgan fingerprint density at radius 3 is 3.00 bits per heavy atom. The summed E-state index contributed by atoms with van der Waals surface area (Å²) in [5.41, 5.74) is 6.04. The second-order valence-corrected chi connectivity index (χ2v) is 3.93. The monoisotopic (exact) mass is 230 g/mol. The number of carbonyl (C=O) groups is 1. The lowest BCUT2D eigenvalue weighted by molar-refractivity contribution is 0.0844. The van der Waals surface area contributed by atoms with E-state index in [-0.39, 0.29) is 19.1 Å². The van der Waals surface area contributed by atoms with Gasteiger partial charge in [0.05, 0.1) is 24.9 Å². The summed E-state index contributed by atoms with van der Waals surface area (Å²) in [4.78, 5) is 12.1. The number of methoxy groups -OCH3 is 1. The fourth-order valence-electron chi connectivity index (χ4n) is 1.10. The van der Waals surface area contributed by atoms with Crippen LogP contribution in [-0.4, -0.2) is 37.4 Å². The summed E-state index contributed by atoms with van der Waals surface area (Å²) in [7, 11) is 1.51. The van der Waals surface area contributed by atoms with Crippen molar-refractivity contribution in [2.75, 3.05) is 26.1 Å². The molecule has 1 aromatic rings. The molecule has 1 rings (SSSR count). The zero-order valence-corrected chi connectivity index (χ0v) is 9.21. The van der Waals surface area contributed by atoms with Crippen LogP contribution in [0, 0.1) is 0 Å². The van der Waals surface area contributed by atoms with Crippen LogP contribution >= 0.6 is 11.3 Å².